The highest BCUT2D eigenvalue weighted by Crippen LogP contribution is 2.34. The molecule has 0 aliphatic rings. The predicted molar refractivity (Wildman–Crippen MR) is 83.5 cm³/mol. The average molecular weight is 370 g/mol. The molecule has 1 aromatic carbocycles. The molecular formula is C16H11ClF3N3O2. The summed E-state index contributed by atoms with van der Waals surface area (Å²) in [6.07, 6.45) is -2.50. The number of carbonyl (C=O) groups is 1. The van der Waals surface area contributed by atoms with Gasteiger partial charge in [-0.25, -0.2) is 4.68 Å². The van der Waals surface area contributed by atoms with Crippen molar-refractivity contribution in [2.24, 2.45) is 0 Å². The molecule has 0 atom stereocenters. The Labute approximate surface area is 145 Å². The van der Waals surface area contributed by atoms with Gasteiger partial charge in [0.05, 0.1) is 30.3 Å². The van der Waals surface area contributed by atoms with Gasteiger partial charge in [-0.15, -0.1) is 0 Å². The number of aromatic nitrogens is 2. The van der Waals surface area contributed by atoms with E-state index in [0.717, 1.165) is 6.20 Å². The van der Waals surface area contributed by atoms with Gasteiger partial charge in [0.1, 0.15) is 5.76 Å². The third-order valence-electron chi connectivity index (χ3n) is 3.34. The number of hydrogen-bond donors (Lipinski definition) is 1. The normalized spacial score (nSPS) is 11.5. The maximum atomic E-state index is 13.5. The van der Waals surface area contributed by atoms with Crippen LogP contribution in [0.3, 0.4) is 0 Å². The summed E-state index contributed by atoms with van der Waals surface area (Å²) in [6.45, 7) is -0.0362. The van der Waals surface area contributed by atoms with E-state index in [-0.39, 0.29) is 17.3 Å². The van der Waals surface area contributed by atoms with Crippen molar-refractivity contribution < 1.29 is 22.4 Å². The van der Waals surface area contributed by atoms with Gasteiger partial charge >= 0.3 is 6.18 Å². The summed E-state index contributed by atoms with van der Waals surface area (Å²) in [5.41, 5.74) is -1.66. The molecule has 2 heterocycles. The number of nitrogens with one attached hydrogen (secondary N) is 1. The van der Waals surface area contributed by atoms with Crippen LogP contribution in [0.4, 0.5) is 13.2 Å². The lowest BCUT2D eigenvalue weighted by atomic mass is 10.2. The molecule has 0 saturated heterocycles. The number of furan rings is 1. The van der Waals surface area contributed by atoms with Crippen molar-refractivity contribution in [3.8, 4) is 5.69 Å². The molecule has 9 heteroatoms. The van der Waals surface area contributed by atoms with Crippen LogP contribution in [0.25, 0.3) is 5.69 Å². The topological polar surface area (TPSA) is 60.1 Å². The van der Waals surface area contributed by atoms with Crippen molar-refractivity contribution in [2.75, 3.05) is 0 Å². The molecule has 25 heavy (non-hydrogen) atoms. The zero-order valence-corrected chi connectivity index (χ0v) is 13.3. The highest BCUT2D eigenvalue weighted by Gasteiger charge is 2.40. The molecule has 2 aromatic heterocycles. The molecule has 130 valence electrons. The van der Waals surface area contributed by atoms with Crippen LogP contribution in [0.1, 0.15) is 21.8 Å². The summed E-state index contributed by atoms with van der Waals surface area (Å²) in [6, 6.07) is 8.97. The van der Waals surface area contributed by atoms with Crippen LogP contribution in [0.15, 0.2) is 53.3 Å². The Morgan fingerprint density at radius 3 is 2.72 bits per heavy atom. The lowest BCUT2D eigenvalue weighted by Crippen LogP contribution is -2.26. The highest BCUT2D eigenvalue weighted by atomic mass is 35.5. The maximum Gasteiger partial charge on any atom is 0.434 e. The van der Waals surface area contributed by atoms with Crippen LogP contribution in [-0.2, 0) is 12.7 Å². The fourth-order valence-electron chi connectivity index (χ4n) is 2.27. The summed E-state index contributed by atoms with van der Waals surface area (Å²) < 4.78 is 46.2. The Hall–Kier alpha value is -2.74. The highest BCUT2D eigenvalue weighted by molar-refractivity contribution is 6.30. The summed E-state index contributed by atoms with van der Waals surface area (Å²) in [7, 11) is 0. The molecule has 0 aliphatic heterocycles. The molecule has 5 nitrogen and oxygen atoms in total. The monoisotopic (exact) mass is 369 g/mol. The van der Waals surface area contributed by atoms with E-state index in [9.17, 15) is 18.0 Å². The van der Waals surface area contributed by atoms with Gasteiger partial charge in [-0.2, -0.15) is 18.3 Å². The molecular weight excluding hydrogens is 359 g/mol. The quantitative estimate of drug-likeness (QED) is 0.754. The average Bonchev–Trinajstić information content (AvgIpc) is 3.21. The van der Waals surface area contributed by atoms with Gasteiger partial charge in [0, 0.05) is 5.02 Å². The van der Waals surface area contributed by atoms with E-state index >= 15 is 0 Å². The first-order valence-electron chi connectivity index (χ1n) is 7.08. The van der Waals surface area contributed by atoms with Gasteiger partial charge in [-0.3, -0.25) is 4.79 Å². The molecule has 0 bridgehead atoms. The van der Waals surface area contributed by atoms with Crippen LogP contribution in [0.5, 0.6) is 0 Å². The lowest BCUT2D eigenvalue weighted by Gasteiger charge is -2.13. The first-order valence-corrected chi connectivity index (χ1v) is 7.46. The van der Waals surface area contributed by atoms with Crippen molar-refractivity contribution in [3.63, 3.8) is 0 Å². The van der Waals surface area contributed by atoms with Crippen LogP contribution in [-0.4, -0.2) is 15.7 Å². The standard InChI is InChI=1S/C16H11ClF3N3O2/c17-10-3-1-4-11(7-10)23-14(16(18,19)20)13(9-22-23)15(24)21-8-12-5-2-6-25-12/h1-7,9H,8H2,(H,21,24). The number of alkyl halides is 3. The van der Waals surface area contributed by atoms with Crippen LogP contribution in [0.2, 0.25) is 5.02 Å². The minimum atomic E-state index is -4.78. The van der Waals surface area contributed by atoms with E-state index < -0.39 is 23.3 Å². The van der Waals surface area contributed by atoms with Crippen LogP contribution >= 0.6 is 11.6 Å². The lowest BCUT2D eigenvalue weighted by molar-refractivity contribution is -0.143. The Balaban J connectivity index is 1.95. The van der Waals surface area contributed by atoms with E-state index in [0.29, 0.717) is 10.4 Å². The van der Waals surface area contributed by atoms with Gasteiger partial charge in [0.2, 0.25) is 0 Å². The molecule has 1 amide bonds. The first kappa shape index (κ1) is 17.1. The van der Waals surface area contributed by atoms with Gasteiger partial charge in [-0.1, -0.05) is 17.7 Å². The molecule has 0 unspecified atom stereocenters. The van der Waals surface area contributed by atoms with E-state index in [1.807, 2.05) is 0 Å². The number of amides is 1. The first-order chi connectivity index (χ1) is 11.9. The second kappa shape index (κ2) is 6.64. The van der Waals surface area contributed by atoms with Gasteiger partial charge in [0.25, 0.3) is 5.91 Å². The molecule has 0 aliphatic carbocycles. The zero-order chi connectivity index (χ0) is 18.0. The Kier molecular flexibility index (Phi) is 4.54. The van der Waals surface area contributed by atoms with Crippen molar-refractivity contribution in [1.82, 2.24) is 15.1 Å². The Morgan fingerprint density at radius 1 is 1.28 bits per heavy atom. The fraction of sp³-hybridized carbons (Fsp3) is 0.125. The predicted octanol–water partition coefficient (Wildman–Crippen LogP) is 4.07. The maximum absolute atomic E-state index is 13.5. The van der Waals surface area contributed by atoms with E-state index in [1.165, 1.54) is 30.5 Å². The van der Waals surface area contributed by atoms with Crippen molar-refractivity contribution in [3.05, 3.63) is 70.9 Å². The summed E-state index contributed by atoms with van der Waals surface area (Å²) in [5, 5.41) is 6.35. The minimum absolute atomic E-state index is 0.0362. The summed E-state index contributed by atoms with van der Waals surface area (Å²) in [4.78, 5) is 12.2. The third kappa shape index (κ3) is 3.69. The van der Waals surface area contributed by atoms with E-state index in [1.54, 1.807) is 12.1 Å². The molecule has 0 saturated carbocycles. The van der Waals surface area contributed by atoms with Crippen molar-refractivity contribution in [1.29, 1.82) is 0 Å². The fourth-order valence-corrected chi connectivity index (χ4v) is 2.45. The van der Waals surface area contributed by atoms with E-state index in [2.05, 4.69) is 10.4 Å². The van der Waals surface area contributed by atoms with Gasteiger partial charge in [-0.05, 0) is 30.3 Å². The largest absolute Gasteiger partial charge is 0.467 e. The molecule has 0 spiro atoms. The SMILES string of the molecule is O=C(NCc1ccco1)c1cnn(-c2cccc(Cl)c2)c1C(F)(F)F. The molecule has 1 N–H and O–H groups in total. The second-order valence-corrected chi connectivity index (χ2v) is 5.49. The zero-order valence-electron chi connectivity index (χ0n) is 12.5. The summed E-state index contributed by atoms with van der Waals surface area (Å²) >= 11 is 5.83. The van der Waals surface area contributed by atoms with E-state index in [4.69, 9.17) is 16.0 Å². The smallest absolute Gasteiger partial charge is 0.434 e. The number of rotatable bonds is 4. The number of carbonyl (C=O) groups excluding carboxylic acids is 1. The van der Waals surface area contributed by atoms with Crippen molar-refractivity contribution >= 4 is 17.5 Å². The van der Waals surface area contributed by atoms with Gasteiger partial charge in [0.15, 0.2) is 5.69 Å². The molecule has 0 fully saturated rings. The number of halogens is 4. The summed E-state index contributed by atoms with van der Waals surface area (Å²) in [5.74, 6) is -0.485. The number of nitrogens with zero attached hydrogens (tertiary/aromatic N) is 2. The van der Waals surface area contributed by atoms with Crippen LogP contribution < -0.4 is 5.32 Å². The Bertz CT molecular complexity index is 888. The van der Waals surface area contributed by atoms with Gasteiger partial charge < -0.3 is 9.73 Å². The van der Waals surface area contributed by atoms with Crippen molar-refractivity contribution in [2.45, 2.75) is 12.7 Å². The number of hydrogen-bond acceptors (Lipinski definition) is 3. The molecule has 3 rings (SSSR count). The molecule has 3 aromatic rings. The Morgan fingerprint density at radius 2 is 2.08 bits per heavy atom. The minimum Gasteiger partial charge on any atom is -0.467 e. The second-order valence-electron chi connectivity index (χ2n) is 5.06. The molecule has 0 radical (unpaired) electrons. The third-order valence-corrected chi connectivity index (χ3v) is 3.57. The number of benzene rings is 1. The van der Waals surface area contributed by atoms with Crippen LogP contribution in [0, 0.1) is 0 Å².